The minimum Gasteiger partial charge on any atom is -0.317 e. The number of nitrogens with zero attached hydrogens (tertiary/aromatic N) is 1. The zero-order valence-corrected chi connectivity index (χ0v) is 11.6. The van der Waals surface area contributed by atoms with E-state index in [9.17, 15) is 10.1 Å². The first-order valence-corrected chi connectivity index (χ1v) is 6.35. The van der Waals surface area contributed by atoms with Gasteiger partial charge in [-0.25, -0.2) is 0 Å². The first-order chi connectivity index (χ1) is 8.43. The monoisotopic (exact) mass is 250 g/mol. The normalized spacial score (nSPS) is 12.7. The third kappa shape index (κ3) is 4.11. The lowest BCUT2D eigenvalue weighted by atomic mass is 9.96. The predicted molar refractivity (Wildman–Crippen MR) is 73.8 cm³/mol. The van der Waals surface area contributed by atoms with Gasteiger partial charge in [0.25, 0.3) is 5.69 Å². The highest BCUT2D eigenvalue weighted by Crippen LogP contribution is 2.22. The number of nitrogens with one attached hydrogen (secondary N) is 1. The molecule has 0 saturated heterocycles. The van der Waals surface area contributed by atoms with Gasteiger partial charge in [0.2, 0.25) is 0 Å². The van der Waals surface area contributed by atoms with E-state index in [1.807, 2.05) is 26.1 Å². The van der Waals surface area contributed by atoms with E-state index in [2.05, 4.69) is 19.2 Å². The van der Waals surface area contributed by atoms with Gasteiger partial charge in [-0.15, -0.1) is 0 Å². The van der Waals surface area contributed by atoms with Crippen LogP contribution in [-0.2, 0) is 6.42 Å². The van der Waals surface area contributed by atoms with Crippen LogP contribution in [0.4, 0.5) is 5.69 Å². The summed E-state index contributed by atoms with van der Waals surface area (Å²) in [6.45, 7) is 6.20. The van der Waals surface area contributed by atoms with Gasteiger partial charge in [-0.3, -0.25) is 10.1 Å². The fourth-order valence-corrected chi connectivity index (χ4v) is 2.15. The lowest BCUT2D eigenvalue weighted by Crippen LogP contribution is -2.29. The summed E-state index contributed by atoms with van der Waals surface area (Å²) >= 11 is 0. The molecule has 4 nitrogen and oxygen atoms in total. The largest absolute Gasteiger partial charge is 0.317 e. The van der Waals surface area contributed by atoms with E-state index >= 15 is 0 Å². The van der Waals surface area contributed by atoms with Gasteiger partial charge in [-0.1, -0.05) is 26.0 Å². The molecule has 1 aromatic rings. The van der Waals surface area contributed by atoms with E-state index in [-0.39, 0.29) is 16.7 Å². The highest BCUT2D eigenvalue weighted by atomic mass is 16.6. The molecule has 1 aromatic carbocycles. The van der Waals surface area contributed by atoms with E-state index < -0.39 is 0 Å². The van der Waals surface area contributed by atoms with Crippen LogP contribution in [0.1, 0.15) is 31.4 Å². The molecule has 1 N–H and O–H groups in total. The fraction of sp³-hybridized carbons (Fsp3) is 0.571. The van der Waals surface area contributed by atoms with Crippen LogP contribution in [0.3, 0.4) is 0 Å². The number of benzene rings is 1. The van der Waals surface area contributed by atoms with Crippen LogP contribution in [0.5, 0.6) is 0 Å². The van der Waals surface area contributed by atoms with Crippen molar-refractivity contribution in [3.63, 3.8) is 0 Å². The second-order valence-electron chi connectivity index (χ2n) is 5.21. The highest BCUT2D eigenvalue weighted by Gasteiger charge is 2.18. The quantitative estimate of drug-likeness (QED) is 0.623. The van der Waals surface area contributed by atoms with E-state index in [0.717, 1.165) is 17.5 Å². The minimum absolute atomic E-state index is 0.235. The highest BCUT2D eigenvalue weighted by molar-refractivity contribution is 5.43. The number of aryl methyl sites for hydroxylation is 1. The van der Waals surface area contributed by atoms with Crippen molar-refractivity contribution >= 4 is 5.69 Å². The van der Waals surface area contributed by atoms with Crippen LogP contribution in [0.2, 0.25) is 0 Å². The van der Waals surface area contributed by atoms with Crippen LogP contribution >= 0.6 is 0 Å². The molecular formula is C14H22N2O2. The summed E-state index contributed by atoms with van der Waals surface area (Å²) in [4.78, 5) is 10.8. The molecule has 0 bridgehead atoms. The van der Waals surface area contributed by atoms with Crippen molar-refractivity contribution in [2.45, 2.75) is 39.7 Å². The predicted octanol–water partition coefficient (Wildman–Crippen LogP) is 3.08. The zero-order valence-electron chi connectivity index (χ0n) is 11.6. The number of likely N-dealkylation sites (N-methyl/N-ethyl adjacent to an activating group) is 1. The van der Waals surface area contributed by atoms with Crippen molar-refractivity contribution in [2.24, 2.45) is 5.92 Å². The number of nitro groups is 1. The molecule has 1 rings (SSSR count). The zero-order chi connectivity index (χ0) is 13.7. The summed E-state index contributed by atoms with van der Waals surface area (Å²) in [5.74, 6) is 0.576. The molecule has 4 heteroatoms. The molecule has 0 amide bonds. The summed E-state index contributed by atoms with van der Waals surface area (Å²) in [7, 11) is 1.91. The van der Waals surface area contributed by atoms with Gasteiger partial charge >= 0.3 is 0 Å². The number of rotatable bonds is 6. The lowest BCUT2D eigenvalue weighted by molar-refractivity contribution is -0.385. The van der Waals surface area contributed by atoms with E-state index in [0.29, 0.717) is 12.3 Å². The smallest absolute Gasteiger partial charge is 0.272 e. The van der Waals surface area contributed by atoms with Crippen LogP contribution in [0, 0.1) is 23.0 Å². The van der Waals surface area contributed by atoms with Crippen molar-refractivity contribution in [3.05, 3.63) is 39.4 Å². The third-order valence-electron chi connectivity index (χ3n) is 3.07. The second kappa shape index (κ2) is 6.50. The van der Waals surface area contributed by atoms with Crippen molar-refractivity contribution in [1.29, 1.82) is 0 Å². The third-order valence-corrected chi connectivity index (χ3v) is 3.07. The molecule has 100 valence electrons. The lowest BCUT2D eigenvalue weighted by Gasteiger charge is -2.18. The molecule has 1 unspecified atom stereocenters. The Morgan fingerprint density at radius 2 is 2.06 bits per heavy atom. The average Bonchev–Trinajstić information content (AvgIpc) is 2.29. The number of hydrogen-bond donors (Lipinski definition) is 1. The maximum atomic E-state index is 11.1. The molecule has 0 aliphatic heterocycles. The Hall–Kier alpha value is -1.42. The van der Waals surface area contributed by atoms with Gasteiger partial charge in [0.1, 0.15) is 0 Å². The van der Waals surface area contributed by atoms with Crippen molar-refractivity contribution < 1.29 is 4.92 Å². The van der Waals surface area contributed by atoms with Crippen molar-refractivity contribution in [2.75, 3.05) is 7.05 Å². The van der Waals surface area contributed by atoms with Crippen LogP contribution in [0.25, 0.3) is 0 Å². The molecule has 0 aliphatic carbocycles. The summed E-state index contributed by atoms with van der Waals surface area (Å²) in [5.41, 5.74) is 1.97. The van der Waals surface area contributed by atoms with Crippen molar-refractivity contribution in [1.82, 2.24) is 5.32 Å². The van der Waals surface area contributed by atoms with Gasteiger partial charge in [0.15, 0.2) is 0 Å². The van der Waals surface area contributed by atoms with Crippen LogP contribution in [0.15, 0.2) is 18.2 Å². The Morgan fingerprint density at radius 1 is 1.39 bits per heavy atom. The first-order valence-electron chi connectivity index (χ1n) is 6.35. The molecular weight excluding hydrogens is 228 g/mol. The molecule has 0 radical (unpaired) electrons. The molecule has 0 saturated carbocycles. The topological polar surface area (TPSA) is 55.2 Å². The Morgan fingerprint density at radius 3 is 2.56 bits per heavy atom. The van der Waals surface area contributed by atoms with Gasteiger partial charge in [-0.05, 0) is 38.3 Å². The average molecular weight is 250 g/mol. The fourth-order valence-electron chi connectivity index (χ4n) is 2.15. The minimum atomic E-state index is -0.287. The molecule has 1 atom stereocenters. The Bertz CT molecular complexity index is 416. The molecule has 0 heterocycles. The van der Waals surface area contributed by atoms with E-state index in [1.54, 1.807) is 6.07 Å². The molecule has 0 spiro atoms. The molecule has 0 aliphatic rings. The molecule has 18 heavy (non-hydrogen) atoms. The van der Waals surface area contributed by atoms with Gasteiger partial charge in [0, 0.05) is 17.7 Å². The van der Waals surface area contributed by atoms with Gasteiger partial charge in [-0.2, -0.15) is 0 Å². The summed E-state index contributed by atoms with van der Waals surface area (Å²) < 4.78 is 0. The SMILES string of the molecule is CNC(Cc1ccc(C)cc1[N+](=O)[O-])CC(C)C. The number of hydrogen-bond acceptors (Lipinski definition) is 3. The standard InChI is InChI=1S/C14H22N2O2/c1-10(2)7-13(15-4)9-12-6-5-11(3)8-14(12)16(17)18/h5-6,8,10,13,15H,7,9H2,1-4H3. The summed E-state index contributed by atoms with van der Waals surface area (Å²) in [6.07, 6.45) is 1.72. The maximum Gasteiger partial charge on any atom is 0.272 e. The second-order valence-corrected chi connectivity index (χ2v) is 5.21. The maximum absolute atomic E-state index is 11.1. The van der Waals surface area contributed by atoms with Crippen molar-refractivity contribution in [3.8, 4) is 0 Å². The van der Waals surface area contributed by atoms with E-state index in [1.165, 1.54) is 0 Å². The molecule has 0 aromatic heterocycles. The van der Waals surface area contributed by atoms with E-state index in [4.69, 9.17) is 0 Å². The number of nitro benzene ring substituents is 1. The summed E-state index contributed by atoms with van der Waals surface area (Å²) in [5, 5.41) is 14.3. The van der Waals surface area contributed by atoms with Gasteiger partial charge < -0.3 is 5.32 Å². The Kier molecular flexibility index (Phi) is 5.28. The van der Waals surface area contributed by atoms with Gasteiger partial charge in [0.05, 0.1) is 4.92 Å². The molecule has 0 fully saturated rings. The Labute approximate surface area is 109 Å². The summed E-state index contributed by atoms with van der Waals surface area (Å²) in [6, 6.07) is 5.74. The van der Waals surface area contributed by atoms with Crippen LogP contribution in [-0.4, -0.2) is 18.0 Å². The Balaban J connectivity index is 2.91. The first kappa shape index (κ1) is 14.6. The van der Waals surface area contributed by atoms with Crippen LogP contribution < -0.4 is 5.32 Å².